The Labute approximate surface area is 179 Å². The zero-order valence-corrected chi connectivity index (χ0v) is 19.0. The summed E-state index contributed by atoms with van der Waals surface area (Å²) in [5.74, 6) is -1.13. The number of alkyl carbamates (subject to hydrolysis) is 1. The Balaban J connectivity index is 2.26. The lowest BCUT2D eigenvalue weighted by atomic mass is 10.0. The SMILES string of the molecule is CCc1cccc(C(NC(=O)OC(C)(C)C)C(=O)NC(=O)c2cccc(PC)c2)c1. The van der Waals surface area contributed by atoms with Crippen LogP contribution in [0.2, 0.25) is 0 Å². The van der Waals surface area contributed by atoms with E-state index in [1.165, 1.54) is 0 Å². The van der Waals surface area contributed by atoms with Gasteiger partial charge in [0, 0.05) is 5.56 Å². The van der Waals surface area contributed by atoms with Crippen LogP contribution in [0.15, 0.2) is 48.5 Å². The minimum absolute atomic E-state index is 0.397. The summed E-state index contributed by atoms with van der Waals surface area (Å²) in [5.41, 5.74) is 1.27. The minimum atomic E-state index is -1.06. The molecule has 2 atom stereocenters. The maximum atomic E-state index is 13.0. The number of hydrogen-bond acceptors (Lipinski definition) is 4. The number of carbonyl (C=O) groups is 3. The third-order valence-corrected chi connectivity index (χ3v) is 5.15. The van der Waals surface area contributed by atoms with Crippen molar-refractivity contribution in [3.8, 4) is 0 Å². The largest absolute Gasteiger partial charge is 0.444 e. The lowest BCUT2D eigenvalue weighted by molar-refractivity contribution is -0.122. The lowest BCUT2D eigenvalue weighted by Gasteiger charge is -2.23. The van der Waals surface area contributed by atoms with E-state index in [9.17, 15) is 14.4 Å². The number of nitrogens with one attached hydrogen (secondary N) is 2. The first-order valence-electron chi connectivity index (χ1n) is 9.84. The Morgan fingerprint density at radius 1 is 1.07 bits per heavy atom. The average molecular weight is 428 g/mol. The van der Waals surface area contributed by atoms with Gasteiger partial charge < -0.3 is 10.1 Å². The Hall–Kier alpha value is -2.72. The maximum absolute atomic E-state index is 13.0. The van der Waals surface area contributed by atoms with Crippen molar-refractivity contribution < 1.29 is 19.1 Å². The standard InChI is InChI=1S/C23H29N2O4P/c1-6-15-9-7-10-16(13-15)19(24-22(28)29-23(2,3)4)21(27)25-20(26)17-11-8-12-18(14-17)30-5/h7-14,19,30H,6H2,1-5H3,(H,24,28)(H,25,26,27). The summed E-state index contributed by atoms with van der Waals surface area (Å²) in [7, 11) is 0.539. The second-order valence-corrected chi connectivity index (χ2v) is 8.90. The predicted octanol–water partition coefficient (Wildman–Crippen LogP) is 3.71. The Bertz CT molecular complexity index is 921. The third-order valence-electron chi connectivity index (χ3n) is 4.27. The smallest absolute Gasteiger partial charge is 0.408 e. The van der Waals surface area contributed by atoms with E-state index in [2.05, 4.69) is 10.6 Å². The topological polar surface area (TPSA) is 84.5 Å². The van der Waals surface area contributed by atoms with Crippen molar-refractivity contribution in [3.05, 3.63) is 65.2 Å². The maximum Gasteiger partial charge on any atom is 0.408 e. The van der Waals surface area contributed by atoms with Gasteiger partial charge in [-0.05, 0) is 62.4 Å². The van der Waals surface area contributed by atoms with Crippen LogP contribution in [0.5, 0.6) is 0 Å². The normalized spacial score (nSPS) is 12.4. The molecule has 0 spiro atoms. The van der Waals surface area contributed by atoms with E-state index in [0.29, 0.717) is 19.7 Å². The van der Waals surface area contributed by atoms with Crippen LogP contribution in [-0.4, -0.2) is 30.2 Å². The Morgan fingerprint density at radius 2 is 1.77 bits per heavy atom. The molecule has 30 heavy (non-hydrogen) atoms. The summed E-state index contributed by atoms with van der Waals surface area (Å²) in [6, 6.07) is 13.4. The quantitative estimate of drug-likeness (QED) is 0.687. The molecule has 2 aromatic rings. The van der Waals surface area contributed by atoms with E-state index in [1.807, 2.05) is 37.9 Å². The fourth-order valence-electron chi connectivity index (χ4n) is 2.79. The molecule has 2 unspecified atom stereocenters. The van der Waals surface area contributed by atoms with Crippen molar-refractivity contribution >= 4 is 31.8 Å². The summed E-state index contributed by atoms with van der Waals surface area (Å²) < 4.78 is 5.30. The monoisotopic (exact) mass is 428 g/mol. The van der Waals surface area contributed by atoms with E-state index in [4.69, 9.17) is 4.74 Å². The molecule has 0 saturated carbocycles. The molecule has 0 heterocycles. The number of ether oxygens (including phenoxy) is 1. The van der Waals surface area contributed by atoms with E-state index in [-0.39, 0.29) is 0 Å². The third kappa shape index (κ3) is 6.96. The van der Waals surface area contributed by atoms with Gasteiger partial charge in [0.1, 0.15) is 11.6 Å². The molecule has 0 aliphatic rings. The van der Waals surface area contributed by atoms with Crippen LogP contribution < -0.4 is 15.9 Å². The van der Waals surface area contributed by atoms with Crippen molar-refractivity contribution in [2.75, 3.05) is 6.66 Å². The lowest BCUT2D eigenvalue weighted by Crippen LogP contribution is -2.44. The molecule has 0 aromatic heterocycles. The van der Waals surface area contributed by atoms with Crippen molar-refractivity contribution in [1.29, 1.82) is 0 Å². The van der Waals surface area contributed by atoms with Gasteiger partial charge in [0.2, 0.25) is 0 Å². The fraction of sp³-hybridized carbons (Fsp3) is 0.348. The number of rotatable bonds is 6. The molecule has 0 bridgehead atoms. The van der Waals surface area contributed by atoms with Crippen LogP contribution in [-0.2, 0) is 16.0 Å². The second kappa shape index (κ2) is 10.4. The van der Waals surface area contributed by atoms with Crippen LogP contribution in [0.25, 0.3) is 0 Å². The number of hydrogen-bond donors (Lipinski definition) is 2. The number of aryl methyl sites for hydroxylation is 1. The predicted molar refractivity (Wildman–Crippen MR) is 121 cm³/mol. The first-order valence-corrected chi connectivity index (χ1v) is 11.3. The molecule has 0 radical (unpaired) electrons. The number of carbonyl (C=O) groups excluding carboxylic acids is 3. The highest BCUT2D eigenvalue weighted by Gasteiger charge is 2.27. The number of imide groups is 1. The van der Waals surface area contributed by atoms with Gasteiger partial charge in [0.25, 0.3) is 11.8 Å². The van der Waals surface area contributed by atoms with E-state index in [0.717, 1.165) is 17.3 Å². The fourth-order valence-corrected chi connectivity index (χ4v) is 3.35. The van der Waals surface area contributed by atoms with Gasteiger partial charge in [0.15, 0.2) is 0 Å². The molecule has 0 saturated heterocycles. The molecular weight excluding hydrogens is 399 g/mol. The first-order chi connectivity index (χ1) is 14.1. The molecule has 2 aromatic carbocycles. The van der Waals surface area contributed by atoms with Crippen LogP contribution in [0, 0.1) is 0 Å². The molecule has 3 amide bonds. The summed E-state index contributed by atoms with van der Waals surface area (Å²) in [6.45, 7) is 9.24. The summed E-state index contributed by atoms with van der Waals surface area (Å²) >= 11 is 0. The Morgan fingerprint density at radius 3 is 2.40 bits per heavy atom. The van der Waals surface area contributed by atoms with Gasteiger partial charge >= 0.3 is 6.09 Å². The van der Waals surface area contributed by atoms with Crippen LogP contribution in [0.3, 0.4) is 0 Å². The van der Waals surface area contributed by atoms with Crippen molar-refractivity contribution in [3.63, 3.8) is 0 Å². The highest BCUT2D eigenvalue weighted by Crippen LogP contribution is 2.18. The summed E-state index contributed by atoms with van der Waals surface area (Å²) in [6.07, 6.45) is 0.0455. The minimum Gasteiger partial charge on any atom is -0.444 e. The van der Waals surface area contributed by atoms with Crippen LogP contribution in [0.1, 0.15) is 55.2 Å². The van der Waals surface area contributed by atoms with Crippen molar-refractivity contribution in [2.45, 2.75) is 45.8 Å². The highest BCUT2D eigenvalue weighted by atomic mass is 31.1. The van der Waals surface area contributed by atoms with Crippen LogP contribution in [0.4, 0.5) is 4.79 Å². The van der Waals surface area contributed by atoms with Crippen molar-refractivity contribution in [1.82, 2.24) is 10.6 Å². The molecule has 6 nitrogen and oxygen atoms in total. The highest BCUT2D eigenvalue weighted by molar-refractivity contribution is 7.46. The molecule has 160 valence electrons. The van der Waals surface area contributed by atoms with Gasteiger partial charge in [-0.2, -0.15) is 0 Å². The Kier molecular flexibility index (Phi) is 8.13. The van der Waals surface area contributed by atoms with Gasteiger partial charge in [-0.15, -0.1) is 0 Å². The molecule has 0 aliphatic heterocycles. The summed E-state index contributed by atoms with van der Waals surface area (Å²) in [4.78, 5) is 37.9. The van der Waals surface area contributed by atoms with E-state index < -0.39 is 29.6 Å². The van der Waals surface area contributed by atoms with E-state index in [1.54, 1.807) is 45.0 Å². The molecular formula is C23H29N2O4P. The average Bonchev–Trinajstić information content (AvgIpc) is 2.70. The van der Waals surface area contributed by atoms with Crippen molar-refractivity contribution in [2.24, 2.45) is 0 Å². The van der Waals surface area contributed by atoms with Crippen LogP contribution >= 0.6 is 8.58 Å². The van der Waals surface area contributed by atoms with Gasteiger partial charge in [0.05, 0.1) is 0 Å². The van der Waals surface area contributed by atoms with Gasteiger partial charge in [-0.3, -0.25) is 14.9 Å². The molecule has 2 rings (SSSR count). The van der Waals surface area contributed by atoms with Gasteiger partial charge in [-0.1, -0.05) is 51.9 Å². The molecule has 7 heteroatoms. The zero-order valence-electron chi connectivity index (χ0n) is 18.0. The molecule has 0 fully saturated rings. The second-order valence-electron chi connectivity index (χ2n) is 7.83. The molecule has 0 aliphatic carbocycles. The number of benzene rings is 2. The van der Waals surface area contributed by atoms with Gasteiger partial charge in [-0.25, -0.2) is 4.79 Å². The number of amides is 3. The van der Waals surface area contributed by atoms with E-state index >= 15 is 0 Å². The zero-order chi connectivity index (χ0) is 22.3. The first kappa shape index (κ1) is 23.6. The summed E-state index contributed by atoms with van der Waals surface area (Å²) in [5, 5.41) is 6.03. The molecule has 2 N–H and O–H groups in total.